The van der Waals surface area contributed by atoms with Crippen LogP contribution in [0.25, 0.3) is 0 Å². The molecule has 1 heterocycles. The lowest BCUT2D eigenvalue weighted by molar-refractivity contribution is -0.120. The molecule has 1 unspecified atom stereocenters. The fourth-order valence-corrected chi connectivity index (χ4v) is 2.87. The Bertz CT molecular complexity index is 531. The molecule has 0 saturated heterocycles. The Morgan fingerprint density at radius 1 is 1.50 bits per heavy atom. The molecule has 4 N–H and O–H groups in total. The molecule has 6 heteroatoms. The molecular formula is C14H19N3O2S. The number of carbonyl (C=O) groups excluding carboxylic acids is 2. The topological polar surface area (TPSA) is 84.2 Å². The molecule has 2 amide bonds. The van der Waals surface area contributed by atoms with Crippen molar-refractivity contribution in [1.29, 1.82) is 0 Å². The molecule has 1 atom stereocenters. The highest BCUT2D eigenvalue weighted by molar-refractivity contribution is 8.00. The lowest BCUT2D eigenvalue weighted by Crippen LogP contribution is -2.33. The van der Waals surface area contributed by atoms with Gasteiger partial charge in [0.1, 0.15) is 0 Å². The SMILES string of the molecule is CC(C)C(CN)C(=O)Nc1ccc2c(c1)NC(=O)CS2. The normalized spacial score (nSPS) is 15.5. The minimum absolute atomic E-state index is 0.0204. The fourth-order valence-electron chi connectivity index (χ4n) is 2.08. The number of hydrogen-bond acceptors (Lipinski definition) is 4. The zero-order chi connectivity index (χ0) is 14.7. The molecule has 20 heavy (non-hydrogen) atoms. The van der Waals surface area contributed by atoms with E-state index in [1.54, 1.807) is 6.07 Å². The van der Waals surface area contributed by atoms with Crippen LogP contribution in [0.15, 0.2) is 23.1 Å². The van der Waals surface area contributed by atoms with Crippen LogP contribution >= 0.6 is 11.8 Å². The van der Waals surface area contributed by atoms with E-state index in [9.17, 15) is 9.59 Å². The summed E-state index contributed by atoms with van der Waals surface area (Å²) >= 11 is 1.50. The number of amides is 2. The summed E-state index contributed by atoms with van der Waals surface area (Å²) in [5.41, 5.74) is 7.06. The zero-order valence-electron chi connectivity index (χ0n) is 11.6. The molecule has 0 fully saturated rings. The molecular weight excluding hydrogens is 274 g/mol. The Hall–Kier alpha value is -1.53. The largest absolute Gasteiger partial charge is 0.330 e. The third kappa shape index (κ3) is 3.32. The van der Waals surface area contributed by atoms with Crippen LogP contribution in [0.4, 0.5) is 11.4 Å². The standard InChI is InChI=1S/C14H19N3O2S/c1-8(2)10(6-15)14(19)16-9-3-4-12-11(5-9)17-13(18)7-20-12/h3-5,8,10H,6-7,15H2,1-2H3,(H,16,19)(H,17,18). The predicted octanol–water partition coefficient (Wildman–Crippen LogP) is 1.90. The first kappa shape index (κ1) is 14.9. The Morgan fingerprint density at radius 2 is 2.25 bits per heavy atom. The van der Waals surface area contributed by atoms with E-state index in [-0.39, 0.29) is 23.7 Å². The van der Waals surface area contributed by atoms with Gasteiger partial charge in [-0.3, -0.25) is 9.59 Å². The third-order valence-corrected chi connectivity index (χ3v) is 4.35. The summed E-state index contributed by atoms with van der Waals surface area (Å²) in [4.78, 5) is 24.5. The number of rotatable bonds is 4. The van der Waals surface area contributed by atoms with Gasteiger partial charge in [-0.15, -0.1) is 11.8 Å². The number of carbonyl (C=O) groups is 2. The molecule has 0 aliphatic carbocycles. The van der Waals surface area contributed by atoms with Gasteiger partial charge in [-0.2, -0.15) is 0 Å². The minimum atomic E-state index is -0.213. The van der Waals surface area contributed by atoms with Gasteiger partial charge in [0.2, 0.25) is 11.8 Å². The van der Waals surface area contributed by atoms with Crippen molar-refractivity contribution in [3.8, 4) is 0 Å². The first-order valence-corrected chi connectivity index (χ1v) is 7.57. The smallest absolute Gasteiger partial charge is 0.234 e. The number of anilines is 2. The first-order chi connectivity index (χ1) is 9.51. The predicted molar refractivity (Wildman–Crippen MR) is 81.8 cm³/mol. The summed E-state index contributed by atoms with van der Waals surface area (Å²) in [6.45, 7) is 4.27. The molecule has 1 aliphatic heterocycles. The second-order valence-corrected chi connectivity index (χ2v) is 6.14. The van der Waals surface area contributed by atoms with E-state index in [4.69, 9.17) is 5.73 Å². The van der Waals surface area contributed by atoms with Crippen molar-refractivity contribution < 1.29 is 9.59 Å². The molecule has 1 aliphatic rings. The summed E-state index contributed by atoms with van der Waals surface area (Å²) in [6, 6.07) is 5.53. The molecule has 2 rings (SSSR count). The van der Waals surface area contributed by atoms with Crippen LogP contribution in [-0.4, -0.2) is 24.1 Å². The second kappa shape index (κ2) is 6.28. The second-order valence-electron chi connectivity index (χ2n) is 5.12. The van der Waals surface area contributed by atoms with Crippen molar-refractivity contribution in [1.82, 2.24) is 0 Å². The average molecular weight is 293 g/mol. The Morgan fingerprint density at radius 3 is 2.90 bits per heavy atom. The number of hydrogen-bond donors (Lipinski definition) is 3. The molecule has 0 radical (unpaired) electrons. The Kier molecular flexibility index (Phi) is 4.67. The molecule has 0 saturated carbocycles. The van der Waals surface area contributed by atoms with Gasteiger partial charge in [0, 0.05) is 17.1 Å². The van der Waals surface area contributed by atoms with E-state index in [1.807, 2.05) is 26.0 Å². The average Bonchev–Trinajstić information content (AvgIpc) is 2.38. The summed E-state index contributed by atoms with van der Waals surface area (Å²) in [6.07, 6.45) is 0. The number of nitrogens with two attached hydrogens (primary N) is 1. The number of thioether (sulfide) groups is 1. The maximum atomic E-state index is 12.1. The Labute approximate surface area is 122 Å². The third-order valence-electron chi connectivity index (χ3n) is 3.28. The van der Waals surface area contributed by atoms with Gasteiger partial charge in [0.15, 0.2) is 0 Å². The summed E-state index contributed by atoms with van der Waals surface area (Å²) < 4.78 is 0. The molecule has 1 aromatic carbocycles. The molecule has 0 aromatic heterocycles. The molecule has 108 valence electrons. The summed E-state index contributed by atoms with van der Waals surface area (Å²) in [7, 11) is 0. The number of benzene rings is 1. The van der Waals surface area contributed by atoms with E-state index in [1.165, 1.54) is 11.8 Å². The maximum Gasteiger partial charge on any atom is 0.234 e. The summed E-state index contributed by atoms with van der Waals surface area (Å²) in [5, 5.41) is 5.66. The van der Waals surface area contributed by atoms with Gasteiger partial charge < -0.3 is 16.4 Å². The number of fused-ring (bicyclic) bond motifs is 1. The minimum Gasteiger partial charge on any atom is -0.330 e. The molecule has 1 aromatic rings. The van der Waals surface area contributed by atoms with Crippen molar-refractivity contribution in [3.63, 3.8) is 0 Å². The van der Waals surface area contributed by atoms with E-state index in [2.05, 4.69) is 10.6 Å². The van der Waals surface area contributed by atoms with Crippen molar-refractivity contribution in [3.05, 3.63) is 18.2 Å². The lowest BCUT2D eigenvalue weighted by Gasteiger charge is -2.20. The highest BCUT2D eigenvalue weighted by Crippen LogP contribution is 2.33. The maximum absolute atomic E-state index is 12.1. The van der Waals surface area contributed by atoms with Crippen LogP contribution in [0.2, 0.25) is 0 Å². The Balaban J connectivity index is 2.12. The van der Waals surface area contributed by atoms with Gasteiger partial charge >= 0.3 is 0 Å². The molecule has 0 bridgehead atoms. The van der Waals surface area contributed by atoms with Gasteiger partial charge in [0.05, 0.1) is 17.4 Å². The van der Waals surface area contributed by atoms with Gasteiger partial charge in [-0.1, -0.05) is 13.8 Å². The lowest BCUT2D eigenvalue weighted by atomic mass is 9.95. The van der Waals surface area contributed by atoms with Gasteiger partial charge in [-0.25, -0.2) is 0 Å². The number of nitrogens with one attached hydrogen (secondary N) is 2. The monoisotopic (exact) mass is 293 g/mol. The van der Waals surface area contributed by atoms with Crippen molar-refractivity contribution >= 4 is 35.0 Å². The quantitative estimate of drug-likeness (QED) is 0.791. The molecule has 5 nitrogen and oxygen atoms in total. The van der Waals surface area contributed by atoms with Gasteiger partial charge in [0.25, 0.3) is 0 Å². The molecule has 0 spiro atoms. The van der Waals surface area contributed by atoms with Crippen molar-refractivity contribution in [2.75, 3.05) is 22.9 Å². The van der Waals surface area contributed by atoms with Crippen LogP contribution in [0.3, 0.4) is 0 Å². The van der Waals surface area contributed by atoms with Crippen LogP contribution < -0.4 is 16.4 Å². The van der Waals surface area contributed by atoms with Crippen LogP contribution in [-0.2, 0) is 9.59 Å². The van der Waals surface area contributed by atoms with E-state index in [0.717, 1.165) is 10.6 Å². The van der Waals surface area contributed by atoms with Crippen molar-refractivity contribution in [2.24, 2.45) is 17.6 Å². The van der Waals surface area contributed by atoms with E-state index in [0.29, 0.717) is 18.0 Å². The van der Waals surface area contributed by atoms with Crippen LogP contribution in [0.5, 0.6) is 0 Å². The van der Waals surface area contributed by atoms with Crippen molar-refractivity contribution in [2.45, 2.75) is 18.7 Å². The highest BCUT2D eigenvalue weighted by atomic mass is 32.2. The first-order valence-electron chi connectivity index (χ1n) is 6.59. The zero-order valence-corrected chi connectivity index (χ0v) is 12.4. The van der Waals surface area contributed by atoms with Crippen LogP contribution in [0, 0.1) is 11.8 Å². The highest BCUT2D eigenvalue weighted by Gasteiger charge is 2.21. The fraction of sp³-hybridized carbons (Fsp3) is 0.429. The van der Waals surface area contributed by atoms with Gasteiger partial charge in [-0.05, 0) is 24.1 Å². The summed E-state index contributed by atoms with van der Waals surface area (Å²) in [5.74, 6) is 0.300. The van der Waals surface area contributed by atoms with E-state index < -0.39 is 0 Å². The van der Waals surface area contributed by atoms with Crippen LogP contribution in [0.1, 0.15) is 13.8 Å². The van der Waals surface area contributed by atoms with E-state index >= 15 is 0 Å².